The van der Waals surface area contributed by atoms with Gasteiger partial charge in [-0.2, -0.15) is 0 Å². The lowest BCUT2D eigenvalue weighted by Gasteiger charge is -2.08. The number of rotatable bonds is 6. The highest BCUT2D eigenvalue weighted by Gasteiger charge is 2.14. The van der Waals surface area contributed by atoms with E-state index in [4.69, 9.17) is 0 Å². The Kier molecular flexibility index (Phi) is 5.17. The first-order chi connectivity index (χ1) is 12.5. The summed E-state index contributed by atoms with van der Waals surface area (Å²) in [6.07, 6.45) is 4.78. The van der Waals surface area contributed by atoms with E-state index in [2.05, 4.69) is 10.3 Å². The number of Topliss-reactive ketones (excluding diaryl/α,β-unsaturated/α-hetero) is 1. The summed E-state index contributed by atoms with van der Waals surface area (Å²) >= 11 is 0. The smallest absolute Gasteiger partial charge is 0.224 e. The summed E-state index contributed by atoms with van der Waals surface area (Å²) < 4.78 is 28.3. The van der Waals surface area contributed by atoms with E-state index >= 15 is 0 Å². The molecule has 7 heteroatoms. The van der Waals surface area contributed by atoms with E-state index in [0.29, 0.717) is 11.8 Å². The highest BCUT2D eigenvalue weighted by atomic mass is 19.1. The van der Waals surface area contributed by atoms with Crippen LogP contribution in [0, 0.1) is 11.6 Å². The first-order valence-electron chi connectivity index (χ1n) is 7.89. The number of imidazole rings is 1. The SMILES string of the molecule is O=C(CCC(=O)c1ccc(F)cc1F)Nc1cccc(-n2ccnc2)c1. The molecule has 0 unspecified atom stereocenters. The van der Waals surface area contributed by atoms with Gasteiger partial charge in [-0.25, -0.2) is 13.8 Å². The third-order valence-electron chi connectivity index (χ3n) is 3.74. The number of nitrogens with one attached hydrogen (secondary N) is 1. The molecule has 0 atom stereocenters. The molecule has 1 amide bonds. The van der Waals surface area contributed by atoms with Gasteiger partial charge in [-0.15, -0.1) is 0 Å². The molecule has 5 nitrogen and oxygen atoms in total. The molecule has 3 rings (SSSR count). The van der Waals surface area contributed by atoms with Crippen molar-refractivity contribution < 1.29 is 18.4 Å². The van der Waals surface area contributed by atoms with Crippen molar-refractivity contribution in [1.29, 1.82) is 0 Å². The maximum absolute atomic E-state index is 13.6. The lowest BCUT2D eigenvalue weighted by Crippen LogP contribution is -2.14. The van der Waals surface area contributed by atoms with E-state index in [9.17, 15) is 18.4 Å². The summed E-state index contributed by atoms with van der Waals surface area (Å²) in [5.74, 6) is -2.61. The highest BCUT2D eigenvalue weighted by molar-refractivity contribution is 6.00. The quantitative estimate of drug-likeness (QED) is 0.685. The van der Waals surface area contributed by atoms with Crippen LogP contribution < -0.4 is 5.32 Å². The van der Waals surface area contributed by atoms with Gasteiger partial charge < -0.3 is 9.88 Å². The molecule has 0 aliphatic rings. The fourth-order valence-corrected chi connectivity index (χ4v) is 2.46. The number of hydrogen-bond donors (Lipinski definition) is 1. The first kappa shape index (κ1) is 17.5. The van der Waals surface area contributed by atoms with Crippen LogP contribution in [-0.4, -0.2) is 21.2 Å². The third kappa shape index (κ3) is 4.18. The molecule has 132 valence electrons. The predicted molar refractivity (Wildman–Crippen MR) is 92.1 cm³/mol. The summed E-state index contributed by atoms with van der Waals surface area (Å²) in [6, 6.07) is 9.87. The number of aromatic nitrogens is 2. The van der Waals surface area contributed by atoms with E-state index in [0.717, 1.165) is 17.8 Å². The van der Waals surface area contributed by atoms with E-state index in [1.807, 2.05) is 6.07 Å². The van der Waals surface area contributed by atoms with Crippen molar-refractivity contribution in [2.24, 2.45) is 0 Å². The molecule has 1 N–H and O–H groups in total. The first-order valence-corrected chi connectivity index (χ1v) is 7.89. The number of carbonyl (C=O) groups is 2. The molecule has 3 aromatic rings. The second kappa shape index (κ2) is 7.69. The Bertz CT molecular complexity index is 940. The fraction of sp³-hybridized carbons (Fsp3) is 0.105. The van der Waals surface area contributed by atoms with Gasteiger partial charge in [-0.1, -0.05) is 6.07 Å². The average molecular weight is 355 g/mol. The zero-order valence-corrected chi connectivity index (χ0v) is 13.7. The van der Waals surface area contributed by atoms with Gasteiger partial charge in [0, 0.05) is 42.7 Å². The summed E-state index contributed by atoms with van der Waals surface area (Å²) in [5, 5.41) is 2.70. The Morgan fingerprint density at radius 3 is 2.65 bits per heavy atom. The van der Waals surface area contributed by atoms with Crippen LogP contribution in [0.25, 0.3) is 5.69 Å². The Balaban J connectivity index is 1.59. The number of benzene rings is 2. The van der Waals surface area contributed by atoms with Gasteiger partial charge in [0.2, 0.25) is 5.91 Å². The van der Waals surface area contributed by atoms with Crippen LogP contribution in [0.5, 0.6) is 0 Å². The second-order valence-corrected chi connectivity index (χ2v) is 5.62. The molecular formula is C19H15F2N3O2. The van der Waals surface area contributed by atoms with Crippen LogP contribution in [-0.2, 0) is 4.79 Å². The van der Waals surface area contributed by atoms with E-state index in [1.165, 1.54) is 0 Å². The van der Waals surface area contributed by atoms with Gasteiger partial charge in [-0.05, 0) is 30.3 Å². The Morgan fingerprint density at radius 2 is 1.92 bits per heavy atom. The van der Waals surface area contributed by atoms with Gasteiger partial charge in [-0.3, -0.25) is 9.59 Å². The lowest BCUT2D eigenvalue weighted by molar-refractivity contribution is -0.116. The molecule has 0 aliphatic carbocycles. The Labute approximate surface area is 148 Å². The summed E-state index contributed by atoms with van der Waals surface area (Å²) in [7, 11) is 0. The zero-order valence-electron chi connectivity index (χ0n) is 13.7. The van der Waals surface area contributed by atoms with Crippen molar-refractivity contribution in [3.8, 4) is 5.69 Å². The van der Waals surface area contributed by atoms with Crippen molar-refractivity contribution >= 4 is 17.4 Å². The van der Waals surface area contributed by atoms with E-state index < -0.39 is 17.4 Å². The molecule has 0 radical (unpaired) electrons. The van der Waals surface area contributed by atoms with Crippen LogP contribution in [0.15, 0.2) is 61.2 Å². The maximum atomic E-state index is 13.6. The molecular weight excluding hydrogens is 340 g/mol. The minimum absolute atomic E-state index is 0.106. The van der Waals surface area contributed by atoms with Crippen LogP contribution >= 0.6 is 0 Å². The Hall–Kier alpha value is -3.35. The fourth-order valence-electron chi connectivity index (χ4n) is 2.46. The zero-order chi connectivity index (χ0) is 18.5. The van der Waals surface area contributed by atoms with E-state index in [1.54, 1.807) is 41.5 Å². The van der Waals surface area contributed by atoms with Gasteiger partial charge in [0.15, 0.2) is 5.78 Å². The van der Waals surface area contributed by atoms with Crippen LogP contribution in [0.1, 0.15) is 23.2 Å². The molecule has 1 aromatic heterocycles. The molecule has 0 spiro atoms. The van der Waals surface area contributed by atoms with Gasteiger partial charge >= 0.3 is 0 Å². The van der Waals surface area contributed by atoms with Crippen LogP contribution in [0.4, 0.5) is 14.5 Å². The van der Waals surface area contributed by atoms with Crippen LogP contribution in [0.2, 0.25) is 0 Å². The van der Waals surface area contributed by atoms with Gasteiger partial charge in [0.05, 0.1) is 11.9 Å². The van der Waals surface area contributed by atoms with Crippen molar-refractivity contribution in [3.05, 3.63) is 78.4 Å². The van der Waals surface area contributed by atoms with Gasteiger partial charge in [0.1, 0.15) is 11.6 Å². The number of amides is 1. The number of halogens is 2. The van der Waals surface area contributed by atoms with Crippen LogP contribution in [0.3, 0.4) is 0 Å². The Morgan fingerprint density at radius 1 is 1.08 bits per heavy atom. The summed E-state index contributed by atoms with van der Waals surface area (Å²) in [6.45, 7) is 0. The molecule has 26 heavy (non-hydrogen) atoms. The molecule has 2 aromatic carbocycles. The number of ketones is 1. The molecule has 0 saturated carbocycles. The standard InChI is InChI=1S/C19H15F2N3O2/c20-13-4-5-16(17(21)10-13)18(25)6-7-19(26)23-14-2-1-3-15(11-14)24-9-8-22-12-24/h1-5,8-12H,6-7H2,(H,23,26). The minimum atomic E-state index is -0.927. The van der Waals surface area contributed by atoms with Crippen molar-refractivity contribution in [3.63, 3.8) is 0 Å². The van der Waals surface area contributed by atoms with Crippen molar-refractivity contribution in [2.75, 3.05) is 5.32 Å². The summed E-state index contributed by atoms with van der Waals surface area (Å²) in [5.41, 5.74) is 1.17. The topological polar surface area (TPSA) is 64.0 Å². The number of carbonyl (C=O) groups excluding carboxylic acids is 2. The molecule has 0 fully saturated rings. The summed E-state index contributed by atoms with van der Waals surface area (Å²) in [4.78, 5) is 28.0. The minimum Gasteiger partial charge on any atom is -0.326 e. The molecule has 0 aliphatic heterocycles. The molecule has 0 saturated heterocycles. The predicted octanol–water partition coefficient (Wildman–Crippen LogP) is 3.75. The third-order valence-corrected chi connectivity index (χ3v) is 3.74. The molecule has 0 bridgehead atoms. The van der Waals surface area contributed by atoms with Gasteiger partial charge in [0.25, 0.3) is 0 Å². The largest absolute Gasteiger partial charge is 0.326 e. The molecule has 1 heterocycles. The van der Waals surface area contributed by atoms with Crippen molar-refractivity contribution in [1.82, 2.24) is 9.55 Å². The second-order valence-electron chi connectivity index (χ2n) is 5.62. The number of anilines is 1. The highest BCUT2D eigenvalue weighted by Crippen LogP contribution is 2.16. The maximum Gasteiger partial charge on any atom is 0.224 e. The number of nitrogens with zero attached hydrogens (tertiary/aromatic N) is 2. The monoisotopic (exact) mass is 355 g/mol. The average Bonchev–Trinajstić information content (AvgIpc) is 3.14. The van der Waals surface area contributed by atoms with Crippen molar-refractivity contribution in [2.45, 2.75) is 12.8 Å². The normalized spacial score (nSPS) is 10.5. The van der Waals surface area contributed by atoms with E-state index in [-0.39, 0.29) is 24.3 Å². The number of hydrogen-bond acceptors (Lipinski definition) is 3. The lowest BCUT2D eigenvalue weighted by atomic mass is 10.1.